The van der Waals surface area contributed by atoms with Gasteiger partial charge in [0.25, 0.3) is 0 Å². The van der Waals surface area contributed by atoms with Gasteiger partial charge in [0, 0.05) is 31.9 Å². The number of anilines is 1. The van der Waals surface area contributed by atoms with E-state index in [1.165, 1.54) is 5.56 Å². The molecular formula is C17H19N5O. The minimum Gasteiger partial charge on any atom is -0.497 e. The zero-order valence-corrected chi connectivity index (χ0v) is 13.0. The number of piperazine rings is 1. The number of ether oxygens (including phenoxy) is 1. The molecule has 0 spiro atoms. The van der Waals surface area contributed by atoms with E-state index >= 15 is 0 Å². The summed E-state index contributed by atoms with van der Waals surface area (Å²) in [5, 5.41) is 4.65. The molecule has 0 saturated carbocycles. The molecule has 4 rings (SSSR count). The maximum absolute atomic E-state index is 5.24. The Bertz CT molecular complexity index is 798. The molecule has 1 aromatic carbocycles. The van der Waals surface area contributed by atoms with Crippen LogP contribution in [0.25, 0.3) is 11.0 Å². The molecule has 0 bridgehead atoms. The first-order valence-electron chi connectivity index (χ1n) is 7.75. The van der Waals surface area contributed by atoms with Crippen LogP contribution in [0.15, 0.2) is 42.9 Å². The number of rotatable bonds is 3. The number of nitrogens with one attached hydrogen (secondary N) is 2. The van der Waals surface area contributed by atoms with Crippen LogP contribution in [0.5, 0.6) is 5.75 Å². The highest BCUT2D eigenvalue weighted by molar-refractivity contribution is 5.87. The number of H-pyrrole nitrogens is 1. The molecular weight excluding hydrogens is 290 g/mol. The van der Waals surface area contributed by atoms with Crippen molar-refractivity contribution in [1.29, 1.82) is 0 Å². The molecule has 1 aliphatic rings. The lowest BCUT2D eigenvalue weighted by Crippen LogP contribution is -2.46. The number of aromatic amines is 1. The second-order valence-electron chi connectivity index (χ2n) is 5.66. The Hall–Kier alpha value is -2.60. The molecule has 6 heteroatoms. The lowest BCUT2D eigenvalue weighted by atomic mass is 10.0. The Balaban J connectivity index is 1.60. The van der Waals surface area contributed by atoms with Crippen molar-refractivity contribution in [1.82, 2.24) is 20.3 Å². The first kappa shape index (κ1) is 14.0. The van der Waals surface area contributed by atoms with E-state index in [1.54, 1.807) is 13.4 Å². The van der Waals surface area contributed by atoms with Crippen LogP contribution in [0.2, 0.25) is 0 Å². The van der Waals surface area contributed by atoms with E-state index in [4.69, 9.17) is 4.74 Å². The first-order valence-corrected chi connectivity index (χ1v) is 7.75. The number of nitrogens with zero attached hydrogens (tertiary/aromatic N) is 3. The van der Waals surface area contributed by atoms with Gasteiger partial charge in [-0.15, -0.1) is 0 Å². The number of hydrogen-bond acceptors (Lipinski definition) is 5. The van der Waals surface area contributed by atoms with E-state index in [9.17, 15) is 0 Å². The molecule has 0 aliphatic carbocycles. The van der Waals surface area contributed by atoms with E-state index in [0.29, 0.717) is 0 Å². The van der Waals surface area contributed by atoms with Gasteiger partial charge in [-0.3, -0.25) is 0 Å². The molecule has 1 atom stereocenters. The molecule has 0 amide bonds. The molecule has 3 aromatic rings. The molecule has 0 radical (unpaired) electrons. The highest BCUT2D eigenvalue weighted by atomic mass is 16.5. The van der Waals surface area contributed by atoms with E-state index in [-0.39, 0.29) is 6.04 Å². The van der Waals surface area contributed by atoms with Crippen molar-refractivity contribution in [3.8, 4) is 5.75 Å². The van der Waals surface area contributed by atoms with Gasteiger partial charge in [0.05, 0.1) is 12.5 Å². The van der Waals surface area contributed by atoms with Crippen LogP contribution in [-0.4, -0.2) is 41.7 Å². The second kappa shape index (κ2) is 5.89. The first-order chi connectivity index (χ1) is 11.3. The number of aromatic nitrogens is 3. The van der Waals surface area contributed by atoms with Crippen molar-refractivity contribution in [3.63, 3.8) is 0 Å². The standard InChI is InChI=1S/C17H19N5O/c1-23-13-4-2-12(3-5-13)15-10-22(9-8-18-15)17-14-6-7-19-16(14)20-11-21-17/h2-7,11,15,18H,8-10H2,1H3,(H,19,20,21). The SMILES string of the molecule is COc1ccc(C2CN(c3ncnc4[nH]ccc34)CCN2)cc1. The number of benzene rings is 1. The summed E-state index contributed by atoms with van der Waals surface area (Å²) in [5.74, 6) is 1.88. The van der Waals surface area contributed by atoms with E-state index in [2.05, 4.69) is 37.3 Å². The van der Waals surface area contributed by atoms with Gasteiger partial charge in [-0.2, -0.15) is 0 Å². The zero-order valence-electron chi connectivity index (χ0n) is 13.0. The molecule has 23 heavy (non-hydrogen) atoms. The highest BCUT2D eigenvalue weighted by Crippen LogP contribution is 2.26. The fraction of sp³-hybridized carbons (Fsp3) is 0.294. The highest BCUT2D eigenvalue weighted by Gasteiger charge is 2.23. The predicted molar refractivity (Wildman–Crippen MR) is 89.8 cm³/mol. The van der Waals surface area contributed by atoms with Gasteiger partial charge in [0.1, 0.15) is 23.5 Å². The fourth-order valence-electron chi connectivity index (χ4n) is 3.11. The summed E-state index contributed by atoms with van der Waals surface area (Å²) in [6.45, 7) is 2.74. The molecule has 1 fully saturated rings. The average molecular weight is 309 g/mol. The van der Waals surface area contributed by atoms with Gasteiger partial charge in [0.15, 0.2) is 0 Å². The molecule has 3 heterocycles. The van der Waals surface area contributed by atoms with Gasteiger partial charge < -0.3 is 19.9 Å². The van der Waals surface area contributed by atoms with Gasteiger partial charge in [-0.05, 0) is 23.8 Å². The molecule has 1 saturated heterocycles. The van der Waals surface area contributed by atoms with E-state index < -0.39 is 0 Å². The fourth-order valence-corrected chi connectivity index (χ4v) is 3.11. The Morgan fingerprint density at radius 1 is 1.17 bits per heavy atom. The van der Waals surface area contributed by atoms with Crippen molar-refractivity contribution < 1.29 is 4.74 Å². The topological polar surface area (TPSA) is 66.1 Å². The van der Waals surface area contributed by atoms with Crippen molar-refractivity contribution in [2.45, 2.75) is 6.04 Å². The average Bonchev–Trinajstić information content (AvgIpc) is 3.10. The summed E-state index contributed by atoms with van der Waals surface area (Å²) >= 11 is 0. The van der Waals surface area contributed by atoms with Crippen LogP contribution in [0.3, 0.4) is 0 Å². The second-order valence-corrected chi connectivity index (χ2v) is 5.66. The monoisotopic (exact) mass is 309 g/mol. The van der Waals surface area contributed by atoms with Crippen LogP contribution in [0.1, 0.15) is 11.6 Å². The summed E-state index contributed by atoms with van der Waals surface area (Å²) in [7, 11) is 1.69. The molecule has 2 N–H and O–H groups in total. The largest absolute Gasteiger partial charge is 0.497 e. The maximum Gasteiger partial charge on any atom is 0.142 e. The van der Waals surface area contributed by atoms with Crippen LogP contribution < -0.4 is 15.0 Å². The van der Waals surface area contributed by atoms with Gasteiger partial charge in [0.2, 0.25) is 0 Å². The Morgan fingerprint density at radius 2 is 2.04 bits per heavy atom. The molecule has 1 unspecified atom stereocenters. The lowest BCUT2D eigenvalue weighted by Gasteiger charge is -2.35. The quantitative estimate of drug-likeness (QED) is 0.776. The number of methoxy groups -OCH3 is 1. The Labute approximate surface area is 134 Å². The summed E-state index contributed by atoms with van der Waals surface area (Å²) in [4.78, 5) is 14.2. The Kier molecular flexibility index (Phi) is 3.59. The van der Waals surface area contributed by atoms with Crippen LogP contribution in [0.4, 0.5) is 5.82 Å². The van der Waals surface area contributed by atoms with Crippen molar-refractivity contribution in [2.24, 2.45) is 0 Å². The van der Waals surface area contributed by atoms with E-state index in [1.807, 2.05) is 24.4 Å². The normalized spacial score (nSPS) is 18.3. The molecule has 6 nitrogen and oxygen atoms in total. The summed E-state index contributed by atoms with van der Waals surface area (Å²) in [6, 6.07) is 10.6. The van der Waals surface area contributed by atoms with Gasteiger partial charge >= 0.3 is 0 Å². The third kappa shape index (κ3) is 2.61. The maximum atomic E-state index is 5.24. The van der Waals surface area contributed by atoms with Crippen LogP contribution in [0, 0.1) is 0 Å². The predicted octanol–water partition coefficient (Wildman–Crippen LogP) is 2.12. The zero-order chi connectivity index (χ0) is 15.6. The number of hydrogen-bond donors (Lipinski definition) is 2. The molecule has 2 aromatic heterocycles. The molecule has 1 aliphatic heterocycles. The number of fused-ring (bicyclic) bond motifs is 1. The minimum atomic E-state index is 0.276. The van der Waals surface area contributed by atoms with Crippen molar-refractivity contribution in [2.75, 3.05) is 31.6 Å². The van der Waals surface area contributed by atoms with Crippen molar-refractivity contribution in [3.05, 3.63) is 48.4 Å². The summed E-state index contributed by atoms with van der Waals surface area (Å²) < 4.78 is 5.24. The van der Waals surface area contributed by atoms with Gasteiger partial charge in [-0.1, -0.05) is 12.1 Å². The summed E-state index contributed by atoms with van der Waals surface area (Å²) in [5.41, 5.74) is 2.14. The van der Waals surface area contributed by atoms with Crippen LogP contribution in [-0.2, 0) is 0 Å². The lowest BCUT2D eigenvalue weighted by molar-refractivity contribution is 0.413. The Morgan fingerprint density at radius 3 is 2.87 bits per heavy atom. The van der Waals surface area contributed by atoms with Crippen molar-refractivity contribution >= 4 is 16.9 Å². The van der Waals surface area contributed by atoms with E-state index in [0.717, 1.165) is 42.2 Å². The van der Waals surface area contributed by atoms with Crippen LogP contribution >= 0.6 is 0 Å². The van der Waals surface area contributed by atoms with Gasteiger partial charge in [-0.25, -0.2) is 9.97 Å². The summed E-state index contributed by atoms with van der Waals surface area (Å²) in [6.07, 6.45) is 3.53. The minimum absolute atomic E-state index is 0.276. The molecule has 118 valence electrons. The smallest absolute Gasteiger partial charge is 0.142 e. The third-order valence-electron chi connectivity index (χ3n) is 4.33. The third-order valence-corrected chi connectivity index (χ3v) is 4.33.